The summed E-state index contributed by atoms with van der Waals surface area (Å²) in [6.45, 7) is 3.00. The molecule has 0 aliphatic carbocycles. The van der Waals surface area contributed by atoms with Crippen LogP contribution >= 0.6 is 23.8 Å². The van der Waals surface area contributed by atoms with Crippen molar-refractivity contribution in [2.75, 3.05) is 32.1 Å². The zero-order chi connectivity index (χ0) is 19.1. The highest BCUT2D eigenvalue weighted by atomic mass is 35.5. The quantitative estimate of drug-likeness (QED) is 0.673. The maximum absolute atomic E-state index is 5.94. The van der Waals surface area contributed by atoms with Crippen molar-refractivity contribution in [1.29, 1.82) is 0 Å². The molecular weight excluding hydrogens is 378 g/mol. The first-order valence-electron chi connectivity index (χ1n) is 9.34. The Morgan fingerprint density at radius 2 is 1.74 bits per heavy atom. The van der Waals surface area contributed by atoms with Crippen LogP contribution < -0.4 is 15.4 Å². The van der Waals surface area contributed by atoms with Crippen LogP contribution in [0.4, 0.5) is 5.69 Å². The Labute approximate surface area is 171 Å². The molecule has 27 heavy (non-hydrogen) atoms. The van der Waals surface area contributed by atoms with Crippen LogP contribution in [0.2, 0.25) is 5.02 Å². The van der Waals surface area contributed by atoms with Crippen molar-refractivity contribution in [2.45, 2.75) is 25.3 Å². The average Bonchev–Trinajstić information content (AvgIpc) is 2.71. The molecule has 0 unspecified atom stereocenters. The standard InChI is InChI=1S/C21H26ClN3OS/c1-26-19-11-5-16(6-12-19)20(25-13-3-2-4-14-25)15-23-21(27)24-18-9-7-17(22)8-10-18/h5-12,20H,2-4,13-15H2,1H3,(H2,23,24,27)/t20-/m1/s1. The van der Waals surface area contributed by atoms with Crippen molar-refractivity contribution < 1.29 is 4.74 Å². The number of piperidine rings is 1. The van der Waals surface area contributed by atoms with Crippen LogP contribution in [0.1, 0.15) is 30.9 Å². The maximum Gasteiger partial charge on any atom is 0.170 e. The number of nitrogens with zero attached hydrogens (tertiary/aromatic N) is 1. The summed E-state index contributed by atoms with van der Waals surface area (Å²) in [5.74, 6) is 0.879. The molecule has 0 saturated carbocycles. The molecule has 1 aliphatic rings. The van der Waals surface area contributed by atoms with Crippen LogP contribution in [0, 0.1) is 0 Å². The number of rotatable bonds is 6. The van der Waals surface area contributed by atoms with Crippen molar-refractivity contribution in [3.8, 4) is 5.75 Å². The van der Waals surface area contributed by atoms with Gasteiger partial charge in [0.1, 0.15) is 5.75 Å². The summed E-state index contributed by atoms with van der Waals surface area (Å²) >= 11 is 11.4. The molecule has 3 rings (SSSR count). The fraction of sp³-hybridized carbons (Fsp3) is 0.381. The van der Waals surface area contributed by atoms with Gasteiger partial charge >= 0.3 is 0 Å². The van der Waals surface area contributed by atoms with Gasteiger partial charge < -0.3 is 15.4 Å². The lowest BCUT2D eigenvalue weighted by Gasteiger charge is -2.35. The highest BCUT2D eigenvalue weighted by molar-refractivity contribution is 7.80. The van der Waals surface area contributed by atoms with Gasteiger partial charge in [0.25, 0.3) is 0 Å². The molecule has 2 N–H and O–H groups in total. The molecule has 1 fully saturated rings. The lowest BCUT2D eigenvalue weighted by atomic mass is 10.0. The zero-order valence-electron chi connectivity index (χ0n) is 15.6. The summed E-state index contributed by atoms with van der Waals surface area (Å²) < 4.78 is 5.30. The van der Waals surface area contributed by atoms with E-state index in [-0.39, 0.29) is 6.04 Å². The zero-order valence-corrected chi connectivity index (χ0v) is 17.2. The fourth-order valence-corrected chi connectivity index (χ4v) is 3.74. The summed E-state index contributed by atoms with van der Waals surface area (Å²) in [4.78, 5) is 2.54. The number of hydrogen-bond acceptors (Lipinski definition) is 3. The second-order valence-electron chi connectivity index (χ2n) is 6.73. The number of anilines is 1. The van der Waals surface area contributed by atoms with Gasteiger partial charge in [0, 0.05) is 17.3 Å². The lowest BCUT2D eigenvalue weighted by Crippen LogP contribution is -2.41. The first-order chi connectivity index (χ1) is 13.2. The van der Waals surface area contributed by atoms with E-state index in [1.165, 1.54) is 24.8 Å². The third kappa shape index (κ3) is 5.83. The summed E-state index contributed by atoms with van der Waals surface area (Å²) in [6.07, 6.45) is 3.82. The number of benzene rings is 2. The van der Waals surface area contributed by atoms with Gasteiger partial charge in [-0.2, -0.15) is 0 Å². The molecule has 2 aromatic rings. The van der Waals surface area contributed by atoms with Gasteiger partial charge in [0.2, 0.25) is 0 Å². The van der Waals surface area contributed by atoms with Gasteiger partial charge in [-0.15, -0.1) is 0 Å². The van der Waals surface area contributed by atoms with E-state index in [9.17, 15) is 0 Å². The number of ether oxygens (including phenoxy) is 1. The molecular formula is C21H26ClN3OS. The number of thiocarbonyl (C=S) groups is 1. The Kier molecular flexibility index (Phi) is 7.33. The minimum absolute atomic E-state index is 0.279. The molecule has 1 aliphatic heterocycles. The van der Waals surface area contributed by atoms with Gasteiger partial charge in [-0.3, -0.25) is 4.90 Å². The van der Waals surface area contributed by atoms with E-state index in [0.717, 1.165) is 31.1 Å². The molecule has 1 atom stereocenters. The number of methoxy groups -OCH3 is 1. The lowest BCUT2D eigenvalue weighted by molar-refractivity contribution is 0.164. The Balaban J connectivity index is 1.64. The number of likely N-dealkylation sites (tertiary alicyclic amines) is 1. The van der Waals surface area contributed by atoms with Crippen molar-refractivity contribution in [3.63, 3.8) is 0 Å². The van der Waals surface area contributed by atoms with Crippen LogP contribution in [0.15, 0.2) is 48.5 Å². The van der Waals surface area contributed by atoms with Gasteiger partial charge in [-0.25, -0.2) is 0 Å². The normalized spacial score (nSPS) is 15.8. The van der Waals surface area contributed by atoms with Gasteiger partial charge in [0.05, 0.1) is 13.2 Å². The first-order valence-corrected chi connectivity index (χ1v) is 10.1. The van der Waals surface area contributed by atoms with Crippen LogP contribution in [0.25, 0.3) is 0 Å². The highest BCUT2D eigenvalue weighted by Gasteiger charge is 2.22. The predicted molar refractivity (Wildman–Crippen MR) is 117 cm³/mol. The molecule has 0 aromatic heterocycles. The van der Waals surface area contributed by atoms with Crippen LogP contribution in [0.5, 0.6) is 5.75 Å². The van der Waals surface area contributed by atoms with Crippen LogP contribution in [-0.2, 0) is 0 Å². The van der Waals surface area contributed by atoms with E-state index in [1.54, 1.807) is 7.11 Å². The summed E-state index contributed by atoms with van der Waals surface area (Å²) in [5, 5.41) is 7.94. The smallest absolute Gasteiger partial charge is 0.170 e. The molecule has 1 heterocycles. The van der Waals surface area contributed by atoms with E-state index in [2.05, 4.69) is 27.7 Å². The monoisotopic (exact) mass is 403 g/mol. The Bertz CT molecular complexity index is 730. The van der Waals surface area contributed by atoms with E-state index >= 15 is 0 Å². The third-order valence-electron chi connectivity index (χ3n) is 4.89. The Morgan fingerprint density at radius 3 is 2.37 bits per heavy atom. The van der Waals surface area contributed by atoms with Crippen molar-refractivity contribution in [1.82, 2.24) is 10.2 Å². The van der Waals surface area contributed by atoms with Crippen molar-refractivity contribution in [2.24, 2.45) is 0 Å². The van der Waals surface area contributed by atoms with E-state index in [0.29, 0.717) is 10.1 Å². The molecule has 0 radical (unpaired) electrons. The third-order valence-corrected chi connectivity index (χ3v) is 5.39. The number of halogens is 1. The van der Waals surface area contributed by atoms with Crippen LogP contribution in [0.3, 0.4) is 0 Å². The maximum atomic E-state index is 5.94. The molecule has 1 saturated heterocycles. The first kappa shape index (κ1) is 19.9. The summed E-state index contributed by atoms with van der Waals surface area (Å²) in [5.41, 5.74) is 2.20. The minimum Gasteiger partial charge on any atom is -0.497 e. The predicted octanol–water partition coefficient (Wildman–Crippen LogP) is 4.86. The van der Waals surface area contributed by atoms with E-state index in [1.807, 2.05) is 36.4 Å². The Morgan fingerprint density at radius 1 is 1.07 bits per heavy atom. The molecule has 0 bridgehead atoms. The molecule has 2 aromatic carbocycles. The second kappa shape index (κ2) is 9.93. The average molecular weight is 404 g/mol. The van der Waals surface area contributed by atoms with E-state index < -0.39 is 0 Å². The summed E-state index contributed by atoms with van der Waals surface area (Å²) in [6, 6.07) is 16.2. The Hall–Kier alpha value is -1.82. The van der Waals surface area contributed by atoms with Crippen molar-refractivity contribution in [3.05, 3.63) is 59.1 Å². The van der Waals surface area contributed by atoms with Crippen molar-refractivity contribution >= 4 is 34.6 Å². The fourth-order valence-electron chi connectivity index (χ4n) is 3.41. The van der Waals surface area contributed by atoms with Gasteiger partial charge in [-0.1, -0.05) is 30.2 Å². The molecule has 6 heteroatoms. The number of hydrogen-bond donors (Lipinski definition) is 2. The van der Waals surface area contributed by atoms with Crippen LogP contribution in [-0.4, -0.2) is 36.8 Å². The summed E-state index contributed by atoms with van der Waals surface area (Å²) in [7, 11) is 1.69. The molecule has 0 amide bonds. The SMILES string of the molecule is COc1ccc([C@@H](CNC(=S)Nc2ccc(Cl)cc2)N2CCCCC2)cc1. The highest BCUT2D eigenvalue weighted by Crippen LogP contribution is 2.26. The molecule has 4 nitrogen and oxygen atoms in total. The minimum atomic E-state index is 0.279. The second-order valence-corrected chi connectivity index (χ2v) is 7.57. The largest absolute Gasteiger partial charge is 0.497 e. The van der Waals surface area contributed by atoms with Gasteiger partial charge in [0.15, 0.2) is 5.11 Å². The van der Waals surface area contributed by atoms with E-state index in [4.69, 9.17) is 28.6 Å². The molecule has 144 valence electrons. The topological polar surface area (TPSA) is 36.5 Å². The number of nitrogens with one attached hydrogen (secondary N) is 2. The van der Waals surface area contributed by atoms with Gasteiger partial charge in [-0.05, 0) is 80.1 Å². The molecule has 0 spiro atoms.